The van der Waals surface area contributed by atoms with Crippen LogP contribution in [0.2, 0.25) is 0 Å². The molecule has 0 bridgehead atoms. The van der Waals surface area contributed by atoms with Gasteiger partial charge in [0.2, 0.25) is 0 Å². The van der Waals surface area contributed by atoms with Crippen LogP contribution in [-0.2, 0) is 21.3 Å². The molecule has 0 amide bonds. The number of nitrogens with zero attached hydrogens (tertiary/aromatic N) is 3. The van der Waals surface area contributed by atoms with Crippen LogP contribution in [0.5, 0.6) is 0 Å². The third kappa shape index (κ3) is 4.62. The average Bonchev–Trinajstić information content (AvgIpc) is 2.94. The van der Waals surface area contributed by atoms with Crippen LogP contribution >= 0.6 is 6.34 Å². The van der Waals surface area contributed by atoms with Crippen LogP contribution in [0.4, 0.5) is 0 Å². The van der Waals surface area contributed by atoms with Gasteiger partial charge in [0, 0.05) is 30.6 Å². The van der Waals surface area contributed by atoms with E-state index in [1.165, 1.54) is 7.11 Å². The second-order valence-electron chi connectivity index (χ2n) is 7.62. The number of carbonyl (C=O) groups excluding carboxylic acids is 1. The highest BCUT2D eigenvalue weighted by Crippen LogP contribution is 2.60. The quantitative estimate of drug-likeness (QED) is 0.506. The van der Waals surface area contributed by atoms with Crippen LogP contribution in [0.25, 0.3) is 0 Å². The first-order chi connectivity index (χ1) is 11.5. The standard InChI is InChI=1S/C17H35N4O2PS/c1-11(2)20(12(3)4)24(25,21(13(5)6)14(7)8)16-10-15(18-19-16)17(22)23-9/h11-15,18H,10H2,1-9H3. The van der Waals surface area contributed by atoms with Crippen molar-refractivity contribution < 1.29 is 9.53 Å². The molecule has 1 rings (SSSR count). The van der Waals surface area contributed by atoms with Gasteiger partial charge in [0.1, 0.15) is 17.8 Å². The lowest BCUT2D eigenvalue weighted by atomic mass is 10.2. The molecule has 146 valence electrons. The molecule has 1 heterocycles. The highest BCUT2D eigenvalue weighted by molar-refractivity contribution is 8.20. The molecule has 1 aliphatic heterocycles. The van der Waals surface area contributed by atoms with Gasteiger partial charge in [-0.1, -0.05) is 11.8 Å². The van der Waals surface area contributed by atoms with E-state index < -0.39 is 12.4 Å². The number of methoxy groups -OCH3 is 1. The monoisotopic (exact) mass is 390 g/mol. The summed E-state index contributed by atoms with van der Waals surface area (Å²) in [7, 11) is 1.40. The number of hydrogen-bond acceptors (Lipinski definition) is 5. The van der Waals surface area contributed by atoms with E-state index in [2.05, 4.69) is 75.3 Å². The first-order valence-corrected chi connectivity index (χ1v) is 11.8. The molecule has 1 aliphatic rings. The summed E-state index contributed by atoms with van der Waals surface area (Å²) in [5.74, 6) is -0.290. The van der Waals surface area contributed by atoms with Crippen LogP contribution in [0.15, 0.2) is 5.10 Å². The van der Waals surface area contributed by atoms with Gasteiger partial charge in [-0.2, -0.15) is 5.10 Å². The van der Waals surface area contributed by atoms with E-state index in [9.17, 15) is 4.79 Å². The summed E-state index contributed by atoms with van der Waals surface area (Å²) in [5.41, 5.74) is 3.87. The molecule has 0 fully saturated rings. The van der Waals surface area contributed by atoms with E-state index in [0.717, 1.165) is 5.45 Å². The molecule has 25 heavy (non-hydrogen) atoms. The highest BCUT2D eigenvalue weighted by Gasteiger charge is 2.45. The zero-order valence-corrected chi connectivity index (χ0v) is 18.8. The Morgan fingerprint density at radius 1 is 1.08 bits per heavy atom. The molecule has 0 aromatic rings. The van der Waals surface area contributed by atoms with Crippen molar-refractivity contribution in [2.24, 2.45) is 5.10 Å². The Morgan fingerprint density at radius 3 is 1.80 bits per heavy atom. The van der Waals surface area contributed by atoms with Crippen molar-refractivity contribution in [3.05, 3.63) is 0 Å². The second-order valence-corrected chi connectivity index (χ2v) is 11.7. The first-order valence-electron chi connectivity index (χ1n) is 9.06. The zero-order valence-electron chi connectivity index (χ0n) is 17.1. The van der Waals surface area contributed by atoms with Crippen molar-refractivity contribution in [2.45, 2.75) is 92.0 Å². The van der Waals surface area contributed by atoms with E-state index in [1.807, 2.05) is 0 Å². The third-order valence-electron chi connectivity index (χ3n) is 4.30. The number of carbonyl (C=O) groups is 1. The number of hydrogen-bond donors (Lipinski definition) is 1. The summed E-state index contributed by atoms with van der Waals surface area (Å²) in [4.78, 5) is 12.0. The van der Waals surface area contributed by atoms with Gasteiger partial charge >= 0.3 is 5.97 Å². The van der Waals surface area contributed by atoms with Gasteiger partial charge in [0.15, 0.2) is 0 Å². The minimum atomic E-state index is -2.32. The maximum atomic E-state index is 12.0. The predicted octanol–water partition coefficient (Wildman–Crippen LogP) is 3.38. The Bertz CT molecular complexity index is 509. The van der Waals surface area contributed by atoms with Crippen molar-refractivity contribution in [3.63, 3.8) is 0 Å². The largest absolute Gasteiger partial charge is 0.467 e. The second kappa shape index (κ2) is 8.94. The van der Waals surface area contributed by atoms with Gasteiger partial charge in [-0.15, -0.1) is 0 Å². The molecule has 0 aliphatic carbocycles. The maximum absolute atomic E-state index is 12.0. The van der Waals surface area contributed by atoms with E-state index >= 15 is 0 Å². The molecule has 1 N–H and O–H groups in total. The molecule has 0 saturated heterocycles. The van der Waals surface area contributed by atoms with Crippen molar-refractivity contribution in [2.75, 3.05) is 7.11 Å². The molecule has 0 spiro atoms. The van der Waals surface area contributed by atoms with Crippen LogP contribution in [0.1, 0.15) is 61.8 Å². The van der Waals surface area contributed by atoms with Crippen LogP contribution in [0, 0.1) is 0 Å². The van der Waals surface area contributed by atoms with E-state index in [1.54, 1.807) is 0 Å². The summed E-state index contributed by atoms with van der Waals surface area (Å²) in [5, 5.41) is 4.56. The lowest BCUT2D eigenvalue weighted by molar-refractivity contribution is -0.142. The van der Waals surface area contributed by atoms with Crippen LogP contribution in [0.3, 0.4) is 0 Å². The SMILES string of the molecule is COC(=O)C1CC(P(=S)(N(C(C)C)C(C)C)N(C(C)C)C(C)C)=NN1. The van der Waals surface area contributed by atoms with Gasteiger partial charge in [-0.25, -0.2) is 4.79 Å². The summed E-state index contributed by atoms with van der Waals surface area (Å²) in [6, 6.07) is 0.692. The highest BCUT2D eigenvalue weighted by atomic mass is 32.4. The number of rotatable bonds is 8. The van der Waals surface area contributed by atoms with E-state index in [0.29, 0.717) is 6.42 Å². The number of nitrogens with one attached hydrogen (secondary N) is 1. The van der Waals surface area contributed by atoms with Gasteiger partial charge in [0.05, 0.1) is 7.11 Å². The first kappa shape index (κ1) is 22.6. The third-order valence-corrected chi connectivity index (χ3v) is 10.1. The smallest absolute Gasteiger partial charge is 0.330 e. The molecule has 1 unspecified atom stereocenters. The van der Waals surface area contributed by atoms with Crippen molar-refractivity contribution in [1.82, 2.24) is 14.8 Å². The Balaban J connectivity index is 3.44. The van der Waals surface area contributed by atoms with Crippen LogP contribution in [-0.4, -0.2) is 58.1 Å². The molecule has 0 aromatic heterocycles. The minimum absolute atomic E-state index is 0.283. The molecule has 0 radical (unpaired) electrons. The van der Waals surface area contributed by atoms with E-state index in [-0.39, 0.29) is 30.1 Å². The Hall–Kier alpha value is -0.490. The average molecular weight is 391 g/mol. The lowest BCUT2D eigenvalue weighted by Crippen LogP contribution is -2.47. The van der Waals surface area contributed by atoms with Crippen molar-refractivity contribution in [1.29, 1.82) is 0 Å². The van der Waals surface area contributed by atoms with Crippen molar-refractivity contribution in [3.8, 4) is 0 Å². The molecule has 8 heteroatoms. The maximum Gasteiger partial charge on any atom is 0.330 e. The molecule has 0 aromatic carbocycles. The molecule has 0 saturated carbocycles. The van der Waals surface area contributed by atoms with Crippen LogP contribution < -0.4 is 5.43 Å². The lowest BCUT2D eigenvalue weighted by Gasteiger charge is -2.50. The summed E-state index contributed by atoms with van der Waals surface area (Å²) < 4.78 is 9.72. The molecule has 6 nitrogen and oxygen atoms in total. The Labute approximate surface area is 158 Å². The Kier molecular flexibility index (Phi) is 8.06. The fourth-order valence-electron chi connectivity index (χ4n) is 3.72. The summed E-state index contributed by atoms with van der Waals surface area (Å²) >= 11 is 6.43. The van der Waals surface area contributed by atoms with Gasteiger partial charge in [-0.05, 0) is 55.4 Å². The Morgan fingerprint density at radius 2 is 1.48 bits per heavy atom. The fourth-order valence-corrected chi connectivity index (χ4v) is 10.2. The summed E-state index contributed by atoms with van der Waals surface area (Å²) in [6.45, 7) is 17.4. The minimum Gasteiger partial charge on any atom is -0.467 e. The topological polar surface area (TPSA) is 57.2 Å². The molecule has 1 atom stereocenters. The number of hydrazone groups is 1. The fraction of sp³-hybridized carbons (Fsp3) is 0.882. The molecular weight excluding hydrogens is 355 g/mol. The molecular formula is C17H35N4O2PS. The van der Waals surface area contributed by atoms with E-state index in [4.69, 9.17) is 16.5 Å². The zero-order chi connectivity index (χ0) is 19.5. The normalized spacial score (nSPS) is 18.7. The predicted molar refractivity (Wildman–Crippen MR) is 109 cm³/mol. The number of esters is 1. The van der Waals surface area contributed by atoms with Gasteiger partial charge < -0.3 is 4.74 Å². The van der Waals surface area contributed by atoms with Crippen molar-refractivity contribution >= 4 is 29.6 Å². The van der Waals surface area contributed by atoms with Gasteiger partial charge in [-0.3, -0.25) is 14.8 Å². The van der Waals surface area contributed by atoms with Gasteiger partial charge in [0.25, 0.3) is 0 Å². The summed E-state index contributed by atoms with van der Waals surface area (Å²) in [6.07, 6.45) is -1.81. The number of ether oxygens (including phenoxy) is 1.